The number of morpholine rings is 1. The molecular weight excluding hydrogens is 455 g/mol. The first-order chi connectivity index (χ1) is 17.6. The molecule has 3 aliphatic rings. The van der Waals surface area contributed by atoms with Crippen LogP contribution in [0.2, 0.25) is 0 Å². The van der Waals surface area contributed by atoms with E-state index in [4.69, 9.17) is 14.7 Å². The number of amides is 1. The van der Waals surface area contributed by atoms with E-state index in [1.807, 2.05) is 36.4 Å². The standard InChI is InChI=1S/C30H25FN2O3/c31-29-13-19(11-12-32)9-10-23(29)20-14-21-16-35-17-22(15-20)33(21)30(34)36-18-28-26-7-3-1-5-24(26)25-6-2-4-8-27(25)28/h1-10,13-14,21-22,28H,11,15-18H2. The molecule has 2 unspecified atom stereocenters. The van der Waals surface area contributed by atoms with Crippen molar-refractivity contribution in [1.82, 2.24) is 4.90 Å². The van der Waals surface area contributed by atoms with Crippen LogP contribution in [0.15, 0.2) is 72.8 Å². The average molecular weight is 481 g/mol. The molecule has 0 radical (unpaired) electrons. The molecule has 0 aromatic heterocycles. The summed E-state index contributed by atoms with van der Waals surface area (Å²) < 4.78 is 26.5. The Hall–Kier alpha value is -3.95. The van der Waals surface area contributed by atoms with E-state index in [9.17, 15) is 9.18 Å². The number of nitriles is 1. The van der Waals surface area contributed by atoms with E-state index in [1.54, 1.807) is 17.0 Å². The maximum absolute atomic E-state index is 14.8. The number of benzene rings is 3. The summed E-state index contributed by atoms with van der Waals surface area (Å²) in [6, 6.07) is 23.0. The summed E-state index contributed by atoms with van der Waals surface area (Å²) >= 11 is 0. The zero-order valence-electron chi connectivity index (χ0n) is 19.7. The highest BCUT2D eigenvalue weighted by Crippen LogP contribution is 2.44. The van der Waals surface area contributed by atoms with E-state index < -0.39 is 0 Å². The quantitative estimate of drug-likeness (QED) is 0.481. The number of nitrogens with zero attached hydrogens (tertiary/aromatic N) is 2. The molecule has 3 aromatic rings. The van der Waals surface area contributed by atoms with Crippen LogP contribution >= 0.6 is 0 Å². The second-order valence-corrected chi connectivity index (χ2v) is 9.52. The third kappa shape index (κ3) is 3.86. The van der Waals surface area contributed by atoms with Crippen molar-refractivity contribution in [2.24, 2.45) is 0 Å². The van der Waals surface area contributed by atoms with Gasteiger partial charge >= 0.3 is 6.09 Å². The fourth-order valence-corrected chi connectivity index (χ4v) is 5.77. The molecule has 1 fully saturated rings. The molecule has 1 saturated heterocycles. The molecule has 1 aliphatic carbocycles. The van der Waals surface area contributed by atoms with Gasteiger partial charge in [0.2, 0.25) is 0 Å². The number of halogens is 1. The summed E-state index contributed by atoms with van der Waals surface area (Å²) in [7, 11) is 0. The lowest BCUT2D eigenvalue weighted by Crippen LogP contribution is -2.56. The van der Waals surface area contributed by atoms with Crippen molar-refractivity contribution in [3.8, 4) is 17.2 Å². The van der Waals surface area contributed by atoms with E-state index in [2.05, 4.69) is 24.3 Å². The van der Waals surface area contributed by atoms with Gasteiger partial charge in [-0.25, -0.2) is 9.18 Å². The number of carbonyl (C=O) groups is 1. The second-order valence-electron chi connectivity index (χ2n) is 9.52. The third-order valence-corrected chi connectivity index (χ3v) is 7.41. The Morgan fingerprint density at radius 3 is 2.42 bits per heavy atom. The van der Waals surface area contributed by atoms with Gasteiger partial charge in [-0.15, -0.1) is 0 Å². The predicted molar refractivity (Wildman–Crippen MR) is 134 cm³/mol. The largest absolute Gasteiger partial charge is 0.448 e. The van der Waals surface area contributed by atoms with Crippen molar-refractivity contribution in [1.29, 1.82) is 5.26 Å². The van der Waals surface area contributed by atoms with E-state index in [-0.39, 0.29) is 42.9 Å². The first-order valence-corrected chi connectivity index (χ1v) is 12.2. The van der Waals surface area contributed by atoms with Gasteiger partial charge in [-0.05, 0) is 45.9 Å². The molecule has 2 aliphatic heterocycles. The molecule has 1 amide bonds. The highest BCUT2D eigenvalue weighted by Gasteiger charge is 2.40. The molecular formula is C30H25FN2O3. The summed E-state index contributed by atoms with van der Waals surface area (Å²) in [5, 5.41) is 8.88. The Morgan fingerprint density at radius 1 is 1.03 bits per heavy atom. The normalized spacial score (nSPS) is 20.2. The number of hydrogen-bond acceptors (Lipinski definition) is 4. The minimum Gasteiger partial charge on any atom is -0.448 e. The van der Waals surface area contributed by atoms with Gasteiger partial charge in [0.05, 0.1) is 37.8 Å². The van der Waals surface area contributed by atoms with Crippen molar-refractivity contribution in [2.45, 2.75) is 30.8 Å². The summed E-state index contributed by atoms with van der Waals surface area (Å²) in [6.45, 7) is 0.986. The van der Waals surface area contributed by atoms with Crippen LogP contribution in [-0.4, -0.2) is 42.9 Å². The van der Waals surface area contributed by atoms with E-state index in [1.165, 1.54) is 28.3 Å². The first-order valence-electron chi connectivity index (χ1n) is 12.2. The number of hydrogen-bond donors (Lipinski definition) is 0. The minimum absolute atomic E-state index is 0.00523. The molecule has 0 saturated carbocycles. The summed E-state index contributed by atoms with van der Waals surface area (Å²) in [6.07, 6.45) is 2.20. The molecule has 6 rings (SSSR count). The van der Waals surface area contributed by atoms with Gasteiger partial charge in [0.1, 0.15) is 12.4 Å². The van der Waals surface area contributed by atoms with Crippen molar-refractivity contribution in [2.75, 3.05) is 19.8 Å². The SMILES string of the molecule is N#CCc1ccc(C2=CC3COCC(C2)N3C(=O)OCC2c3ccccc3-c3ccccc32)c(F)c1. The molecule has 0 N–H and O–H groups in total. The highest BCUT2D eigenvalue weighted by molar-refractivity contribution is 5.79. The van der Waals surface area contributed by atoms with Crippen LogP contribution in [0.4, 0.5) is 9.18 Å². The fourth-order valence-electron chi connectivity index (χ4n) is 5.77. The molecule has 6 heteroatoms. The smallest absolute Gasteiger partial charge is 0.410 e. The lowest BCUT2D eigenvalue weighted by atomic mass is 9.89. The Labute approximate surface area is 209 Å². The third-order valence-electron chi connectivity index (χ3n) is 7.41. The Balaban J connectivity index is 1.21. The number of fused-ring (bicyclic) bond motifs is 5. The van der Waals surface area contributed by atoms with Crippen LogP contribution in [-0.2, 0) is 15.9 Å². The first kappa shape index (κ1) is 22.5. The summed E-state index contributed by atoms with van der Waals surface area (Å²) in [4.78, 5) is 15.1. The number of ether oxygens (including phenoxy) is 2. The van der Waals surface area contributed by atoms with Crippen LogP contribution in [0.1, 0.15) is 34.6 Å². The van der Waals surface area contributed by atoms with Gasteiger partial charge in [0.15, 0.2) is 0 Å². The van der Waals surface area contributed by atoms with Crippen LogP contribution < -0.4 is 0 Å². The molecule has 2 heterocycles. The van der Waals surface area contributed by atoms with Gasteiger partial charge in [-0.3, -0.25) is 4.90 Å². The van der Waals surface area contributed by atoms with Crippen molar-refractivity contribution < 1.29 is 18.7 Å². The van der Waals surface area contributed by atoms with Crippen LogP contribution in [0.25, 0.3) is 16.7 Å². The second kappa shape index (κ2) is 9.25. The van der Waals surface area contributed by atoms with E-state index >= 15 is 0 Å². The zero-order valence-corrected chi connectivity index (χ0v) is 19.7. The maximum Gasteiger partial charge on any atom is 0.410 e. The maximum atomic E-state index is 14.8. The van der Waals surface area contributed by atoms with Gasteiger partial charge in [0, 0.05) is 11.5 Å². The lowest BCUT2D eigenvalue weighted by molar-refractivity contribution is -0.0331. The monoisotopic (exact) mass is 480 g/mol. The zero-order chi connectivity index (χ0) is 24.6. The molecule has 36 heavy (non-hydrogen) atoms. The molecule has 0 spiro atoms. The molecule has 2 atom stereocenters. The Bertz CT molecular complexity index is 1360. The van der Waals surface area contributed by atoms with Crippen molar-refractivity contribution >= 4 is 11.7 Å². The van der Waals surface area contributed by atoms with Gasteiger partial charge < -0.3 is 9.47 Å². The summed E-state index contributed by atoms with van der Waals surface area (Å²) in [5.74, 6) is -0.350. The Morgan fingerprint density at radius 2 is 1.75 bits per heavy atom. The van der Waals surface area contributed by atoms with Crippen molar-refractivity contribution in [3.05, 3.63) is 101 Å². The van der Waals surface area contributed by atoms with Crippen molar-refractivity contribution in [3.63, 3.8) is 0 Å². The lowest BCUT2D eigenvalue weighted by Gasteiger charge is -2.44. The number of carbonyl (C=O) groups excluding carboxylic acids is 1. The van der Waals surface area contributed by atoms with Gasteiger partial charge in [-0.2, -0.15) is 5.26 Å². The van der Waals surface area contributed by atoms with Crippen LogP contribution in [0.3, 0.4) is 0 Å². The molecule has 2 bridgehead atoms. The average Bonchev–Trinajstić information content (AvgIpc) is 3.20. The fraction of sp³-hybridized carbons (Fsp3) is 0.267. The molecule has 180 valence electrons. The van der Waals surface area contributed by atoms with Crippen LogP contribution in [0, 0.1) is 17.1 Å². The van der Waals surface area contributed by atoms with E-state index in [0.29, 0.717) is 30.8 Å². The highest BCUT2D eigenvalue weighted by atomic mass is 19.1. The summed E-state index contributed by atoms with van der Waals surface area (Å²) in [5.41, 5.74) is 6.75. The minimum atomic E-state index is -0.365. The predicted octanol–water partition coefficient (Wildman–Crippen LogP) is 5.70. The topological polar surface area (TPSA) is 62.6 Å². The molecule has 5 nitrogen and oxygen atoms in total. The van der Waals surface area contributed by atoms with Gasteiger partial charge in [-0.1, -0.05) is 66.7 Å². The number of rotatable bonds is 4. The Kier molecular flexibility index (Phi) is 5.79. The van der Waals surface area contributed by atoms with Gasteiger partial charge in [0.25, 0.3) is 0 Å². The van der Waals surface area contributed by atoms with Crippen LogP contribution in [0.5, 0.6) is 0 Å². The molecule has 3 aromatic carbocycles. The van der Waals surface area contributed by atoms with E-state index in [0.717, 1.165) is 5.57 Å².